The van der Waals surface area contributed by atoms with Gasteiger partial charge in [0, 0.05) is 5.75 Å². The van der Waals surface area contributed by atoms with Gasteiger partial charge >= 0.3 is 5.31 Å². The summed E-state index contributed by atoms with van der Waals surface area (Å²) < 4.78 is 4.97. The molecule has 0 radical (unpaired) electrons. The van der Waals surface area contributed by atoms with Crippen molar-refractivity contribution in [2.45, 2.75) is 5.31 Å². The van der Waals surface area contributed by atoms with Crippen LogP contribution in [0.3, 0.4) is 0 Å². The summed E-state index contributed by atoms with van der Waals surface area (Å²) in [6.45, 7) is 0.741. The molecule has 1 spiro atoms. The first-order chi connectivity index (χ1) is 3.41. The summed E-state index contributed by atoms with van der Waals surface area (Å²) in [7, 11) is 0. The molecule has 4 heteroatoms. The molecule has 2 aliphatic rings. The molecular weight excluding hydrogens is 116 g/mol. The van der Waals surface area contributed by atoms with E-state index < -0.39 is 5.31 Å². The standard InChI is InChI=1S/C3H4O3S/c1-2-7-3(4-1)5-6-3/h1-2H2. The molecule has 2 fully saturated rings. The van der Waals surface area contributed by atoms with Crippen molar-refractivity contribution in [3.05, 3.63) is 0 Å². The van der Waals surface area contributed by atoms with Gasteiger partial charge in [-0.05, 0) is 0 Å². The third-order valence-corrected chi connectivity index (χ3v) is 1.84. The van der Waals surface area contributed by atoms with E-state index in [9.17, 15) is 0 Å². The molecule has 0 aromatic rings. The van der Waals surface area contributed by atoms with Crippen molar-refractivity contribution in [1.82, 2.24) is 0 Å². The van der Waals surface area contributed by atoms with E-state index in [-0.39, 0.29) is 0 Å². The van der Waals surface area contributed by atoms with Crippen molar-refractivity contribution in [2.75, 3.05) is 12.4 Å². The smallest absolute Gasteiger partial charge is 0.314 e. The van der Waals surface area contributed by atoms with Crippen LogP contribution in [0, 0.1) is 0 Å². The quantitative estimate of drug-likeness (QED) is 0.340. The zero-order valence-electron chi connectivity index (χ0n) is 3.55. The number of thioether (sulfide) groups is 1. The Labute approximate surface area is 44.9 Å². The first kappa shape index (κ1) is 4.14. The van der Waals surface area contributed by atoms with Crippen molar-refractivity contribution < 1.29 is 14.5 Å². The third kappa shape index (κ3) is 0.551. The van der Waals surface area contributed by atoms with Crippen LogP contribution < -0.4 is 0 Å². The van der Waals surface area contributed by atoms with Crippen LogP contribution in [-0.4, -0.2) is 17.7 Å². The van der Waals surface area contributed by atoms with Gasteiger partial charge < -0.3 is 4.74 Å². The van der Waals surface area contributed by atoms with Crippen LogP contribution in [0.5, 0.6) is 0 Å². The highest BCUT2D eigenvalue weighted by Gasteiger charge is 2.55. The molecule has 3 nitrogen and oxygen atoms in total. The number of hydrogen-bond donors (Lipinski definition) is 0. The molecule has 2 saturated heterocycles. The minimum Gasteiger partial charge on any atom is -0.314 e. The van der Waals surface area contributed by atoms with Crippen molar-refractivity contribution in [1.29, 1.82) is 0 Å². The minimum absolute atomic E-state index is 0.639. The molecule has 0 bridgehead atoms. The highest BCUT2D eigenvalue weighted by atomic mass is 32.2. The van der Waals surface area contributed by atoms with E-state index in [1.807, 2.05) is 0 Å². The van der Waals surface area contributed by atoms with Gasteiger partial charge in [0.05, 0.1) is 6.61 Å². The largest absolute Gasteiger partial charge is 0.391 e. The van der Waals surface area contributed by atoms with Gasteiger partial charge in [0.1, 0.15) is 0 Å². The fraction of sp³-hybridized carbons (Fsp3) is 1.00. The third-order valence-electron chi connectivity index (χ3n) is 0.860. The molecule has 0 N–H and O–H groups in total. The first-order valence-corrected chi connectivity index (χ1v) is 3.05. The van der Waals surface area contributed by atoms with E-state index in [1.165, 1.54) is 0 Å². The average molecular weight is 120 g/mol. The van der Waals surface area contributed by atoms with Gasteiger partial charge in [-0.1, -0.05) is 11.8 Å². The molecule has 0 saturated carbocycles. The summed E-state index contributed by atoms with van der Waals surface area (Å²) in [4.78, 5) is 9.00. The van der Waals surface area contributed by atoms with Gasteiger partial charge in [-0.2, -0.15) is 9.78 Å². The van der Waals surface area contributed by atoms with Crippen LogP contribution >= 0.6 is 11.8 Å². The lowest BCUT2D eigenvalue weighted by Crippen LogP contribution is -2.00. The van der Waals surface area contributed by atoms with E-state index >= 15 is 0 Å². The molecule has 0 aromatic carbocycles. The summed E-state index contributed by atoms with van der Waals surface area (Å²) in [6.07, 6.45) is 0. The number of ether oxygens (including phenoxy) is 1. The van der Waals surface area contributed by atoms with Crippen LogP contribution in [0.25, 0.3) is 0 Å². The van der Waals surface area contributed by atoms with Gasteiger partial charge in [0.2, 0.25) is 0 Å². The number of rotatable bonds is 0. The predicted octanol–water partition coefficient (Wildman–Crippen LogP) is 0.323. The summed E-state index contributed by atoms with van der Waals surface area (Å²) in [5.41, 5.74) is 0. The maximum absolute atomic E-state index is 4.97. The maximum Gasteiger partial charge on any atom is 0.391 e. The Morgan fingerprint density at radius 1 is 1.43 bits per heavy atom. The van der Waals surface area contributed by atoms with Crippen molar-refractivity contribution >= 4 is 11.8 Å². The summed E-state index contributed by atoms with van der Waals surface area (Å²) in [5, 5.41) is -0.639. The summed E-state index contributed by atoms with van der Waals surface area (Å²) in [5.74, 6) is 0.972. The van der Waals surface area contributed by atoms with Crippen LogP contribution in [0.2, 0.25) is 0 Å². The molecule has 0 aliphatic carbocycles. The minimum atomic E-state index is -0.639. The molecule has 40 valence electrons. The lowest BCUT2D eigenvalue weighted by molar-refractivity contribution is 0.0448. The van der Waals surface area contributed by atoms with Crippen LogP contribution in [-0.2, 0) is 14.5 Å². The molecule has 0 unspecified atom stereocenters. The van der Waals surface area contributed by atoms with E-state index in [0.29, 0.717) is 0 Å². The summed E-state index contributed by atoms with van der Waals surface area (Å²) in [6, 6.07) is 0. The molecule has 0 amide bonds. The van der Waals surface area contributed by atoms with Crippen molar-refractivity contribution in [2.24, 2.45) is 0 Å². The topological polar surface area (TPSA) is 34.3 Å². The average Bonchev–Trinajstić information content (AvgIpc) is 2.15. The molecule has 2 aliphatic heterocycles. The molecule has 7 heavy (non-hydrogen) atoms. The van der Waals surface area contributed by atoms with Crippen molar-refractivity contribution in [3.63, 3.8) is 0 Å². The molecule has 2 rings (SSSR count). The Morgan fingerprint density at radius 2 is 2.29 bits per heavy atom. The lowest BCUT2D eigenvalue weighted by Gasteiger charge is -1.87. The van der Waals surface area contributed by atoms with E-state index in [0.717, 1.165) is 12.4 Å². The predicted molar refractivity (Wildman–Crippen MR) is 23.3 cm³/mol. The first-order valence-electron chi connectivity index (χ1n) is 2.06. The maximum atomic E-state index is 4.97. The Balaban J connectivity index is 2.07. The molecule has 0 aromatic heterocycles. The second-order valence-corrected chi connectivity index (χ2v) is 2.56. The second-order valence-electron chi connectivity index (χ2n) is 1.36. The fourth-order valence-electron chi connectivity index (χ4n) is 0.505. The SMILES string of the molecule is C1CSC2(O1)OO2. The van der Waals surface area contributed by atoms with Gasteiger partial charge in [-0.15, -0.1) is 0 Å². The van der Waals surface area contributed by atoms with E-state index in [2.05, 4.69) is 9.78 Å². The van der Waals surface area contributed by atoms with Gasteiger partial charge in [0.15, 0.2) is 0 Å². The zero-order chi connectivity index (χ0) is 4.74. The van der Waals surface area contributed by atoms with Gasteiger partial charge in [-0.3, -0.25) is 0 Å². The Morgan fingerprint density at radius 3 is 2.57 bits per heavy atom. The Kier molecular flexibility index (Phi) is 0.674. The second kappa shape index (κ2) is 1.14. The van der Waals surface area contributed by atoms with Gasteiger partial charge in [-0.25, -0.2) is 0 Å². The van der Waals surface area contributed by atoms with Crippen LogP contribution in [0.1, 0.15) is 0 Å². The Bertz CT molecular complexity index is 82.2. The highest BCUT2D eigenvalue weighted by molar-refractivity contribution is 8.00. The molecular formula is C3H4O3S. The highest BCUT2D eigenvalue weighted by Crippen LogP contribution is 2.46. The van der Waals surface area contributed by atoms with Crippen molar-refractivity contribution in [3.8, 4) is 0 Å². The molecule has 2 heterocycles. The normalized spacial score (nSPS) is 34.3. The summed E-state index contributed by atoms with van der Waals surface area (Å²) >= 11 is 1.54. The monoisotopic (exact) mass is 120 g/mol. The Hall–Kier alpha value is 0.230. The lowest BCUT2D eigenvalue weighted by atomic mass is 10.9. The van der Waals surface area contributed by atoms with Gasteiger partial charge in [0.25, 0.3) is 0 Å². The molecule has 0 atom stereocenters. The zero-order valence-corrected chi connectivity index (χ0v) is 4.36. The fourth-order valence-corrected chi connectivity index (χ4v) is 1.22. The van der Waals surface area contributed by atoms with Crippen LogP contribution in [0.4, 0.5) is 0 Å². The van der Waals surface area contributed by atoms with E-state index in [4.69, 9.17) is 4.74 Å². The number of hydrogen-bond acceptors (Lipinski definition) is 4. The van der Waals surface area contributed by atoms with Crippen LogP contribution in [0.15, 0.2) is 0 Å². The van der Waals surface area contributed by atoms with E-state index in [1.54, 1.807) is 11.8 Å².